The topological polar surface area (TPSA) is 46.5 Å². The van der Waals surface area contributed by atoms with Gasteiger partial charge in [0, 0.05) is 5.56 Å². The molecule has 1 aliphatic heterocycles. The number of alkyl halides is 3. The van der Waals surface area contributed by atoms with Crippen LogP contribution in [-0.4, -0.2) is 23.4 Å². The van der Waals surface area contributed by atoms with Gasteiger partial charge in [0.15, 0.2) is 0 Å². The minimum absolute atomic E-state index is 0.0344. The average Bonchev–Trinajstić information content (AvgIpc) is 2.25. The zero-order chi connectivity index (χ0) is 13.5. The van der Waals surface area contributed by atoms with Crippen molar-refractivity contribution in [1.82, 2.24) is 0 Å². The van der Waals surface area contributed by atoms with E-state index in [0.717, 1.165) is 24.3 Å². The fourth-order valence-corrected chi connectivity index (χ4v) is 1.59. The van der Waals surface area contributed by atoms with Crippen LogP contribution in [0.25, 0.3) is 6.08 Å². The van der Waals surface area contributed by atoms with Crippen molar-refractivity contribution in [2.75, 3.05) is 0 Å². The molecule has 1 aromatic rings. The summed E-state index contributed by atoms with van der Waals surface area (Å²) in [7, 11) is 0. The zero-order valence-electron chi connectivity index (χ0n) is 8.66. The Hall–Kier alpha value is -2.05. The molecule has 1 heterocycles. The molecule has 1 N–H and O–H groups in total. The molecule has 3 nitrogen and oxygen atoms in total. The molecule has 0 bridgehead atoms. The predicted molar refractivity (Wildman–Crippen MR) is 52.5 cm³/mol. The summed E-state index contributed by atoms with van der Waals surface area (Å²) < 4.78 is 55.3. The molecule has 0 spiro atoms. The van der Waals surface area contributed by atoms with Gasteiger partial charge in [0.25, 0.3) is 0 Å². The number of fused-ring (bicyclic) bond motifs is 1. The molecule has 0 aromatic heterocycles. The van der Waals surface area contributed by atoms with Gasteiger partial charge in [0.1, 0.15) is 11.6 Å². The highest BCUT2D eigenvalue weighted by Gasteiger charge is 2.48. The van der Waals surface area contributed by atoms with Crippen molar-refractivity contribution >= 4 is 12.0 Å². The fourth-order valence-electron chi connectivity index (χ4n) is 1.59. The van der Waals surface area contributed by atoms with Crippen LogP contribution in [0.3, 0.4) is 0 Å². The number of aliphatic carboxylic acids is 1. The number of carboxylic acid groups (broad SMARTS) is 1. The third kappa shape index (κ3) is 2.15. The minimum Gasteiger partial charge on any atom is -0.478 e. The van der Waals surface area contributed by atoms with E-state index in [1.807, 2.05) is 0 Å². The van der Waals surface area contributed by atoms with E-state index < -0.39 is 29.6 Å². The summed E-state index contributed by atoms with van der Waals surface area (Å²) in [5.41, 5.74) is -1.01. The molecule has 2 rings (SSSR count). The van der Waals surface area contributed by atoms with Crippen molar-refractivity contribution in [2.45, 2.75) is 12.3 Å². The fraction of sp³-hybridized carbons (Fsp3) is 0.182. The Labute approximate surface area is 98.3 Å². The second-order valence-corrected chi connectivity index (χ2v) is 3.63. The maximum atomic E-state index is 12.9. The van der Waals surface area contributed by atoms with E-state index in [9.17, 15) is 22.4 Å². The quantitative estimate of drug-likeness (QED) is 0.791. The van der Waals surface area contributed by atoms with Crippen LogP contribution in [0.5, 0.6) is 5.75 Å². The second kappa shape index (κ2) is 4.01. The van der Waals surface area contributed by atoms with Crippen LogP contribution < -0.4 is 4.74 Å². The Morgan fingerprint density at radius 2 is 2.00 bits per heavy atom. The molecule has 0 radical (unpaired) electrons. The number of hydrogen-bond acceptors (Lipinski definition) is 2. The molecule has 0 saturated carbocycles. The Morgan fingerprint density at radius 1 is 1.33 bits per heavy atom. The Bertz CT molecular complexity index is 534. The van der Waals surface area contributed by atoms with E-state index in [2.05, 4.69) is 4.74 Å². The van der Waals surface area contributed by atoms with E-state index in [-0.39, 0.29) is 11.3 Å². The van der Waals surface area contributed by atoms with Gasteiger partial charge in [-0.1, -0.05) is 0 Å². The van der Waals surface area contributed by atoms with E-state index in [4.69, 9.17) is 5.11 Å². The summed E-state index contributed by atoms with van der Waals surface area (Å²) in [6, 6.07) is 2.87. The van der Waals surface area contributed by atoms with Crippen molar-refractivity contribution in [3.8, 4) is 5.75 Å². The number of ether oxygens (including phenoxy) is 1. The second-order valence-electron chi connectivity index (χ2n) is 3.63. The number of benzene rings is 1. The molecule has 7 heteroatoms. The maximum absolute atomic E-state index is 12.9. The SMILES string of the molecule is O=C(O)C1=Cc2cc(F)ccc2OC1C(F)(F)F. The maximum Gasteiger partial charge on any atom is 0.430 e. The lowest BCUT2D eigenvalue weighted by atomic mass is 10.0. The highest BCUT2D eigenvalue weighted by atomic mass is 19.4. The lowest BCUT2D eigenvalue weighted by Crippen LogP contribution is -2.40. The number of carbonyl (C=O) groups is 1. The highest BCUT2D eigenvalue weighted by molar-refractivity contribution is 5.95. The lowest BCUT2D eigenvalue weighted by Gasteiger charge is -2.26. The molecule has 1 atom stereocenters. The molecular weight excluding hydrogens is 256 g/mol. The molecular formula is C11H6F4O3. The number of carboxylic acids is 1. The smallest absolute Gasteiger partial charge is 0.430 e. The van der Waals surface area contributed by atoms with Crippen LogP contribution in [0, 0.1) is 5.82 Å². The Balaban J connectivity index is 2.53. The van der Waals surface area contributed by atoms with E-state index in [1.165, 1.54) is 0 Å². The van der Waals surface area contributed by atoms with Crippen molar-refractivity contribution in [1.29, 1.82) is 0 Å². The van der Waals surface area contributed by atoms with E-state index in [1.54, 1.807) is 0 Å². The summed E-state index contributed by atoms with van der Waals surface area (Å²) in [5.74, 6) is -2.65. The number of halogens is 4. The molecule has 1 aliphatic rings. The summed E-state index contributed by atoms with van der Waals surface area (Å²) in [6.07, 6.45) is -6.63. The molecule has 96 valence electrons. The number of hydrogen-bond donors (Lipinski definition) is 1. The summed E-state index contributed by atoms with van der Waals surface area (Å²) in [4.78, 5) is 10.8. The zero-order valence-corrected chi connectivity index (χ0v) is 8.66. The first-order valence-electron chi connectivity index (χ1n) is 4.77. The van der Waals surface area contributed by atoms with Crippen molar-refractivity contribution in [3.05, 3.63) is 35.2 Å². The van der Waals surface area contributed by atoms with E-state index in [0.29, 0.717) is 0 Å². The Morgan fingerprint density at radius 3 is 2.56 bits per heavy atom. The van der Waals surface area contributed by atoms with E-state index >= 15 is 0 Å². The summed E-state index contributed by atoms with van der Waals surface area (Å²) >= 11 is 0. The normalized spacial score (nSPS) is 18.7. The van der Waals surface area contributed by atoms with Gasteiger partial charge >= 0.3 is 12.1 Å². The van der Waals surface area contributed by atoms with Crippen LogP contribution in [-0.2, 0) is 4.79 Å². The molecule has 18 heavy (non-hydrogen) atoms. The van der Waals surface area contributed by atoms with Crippen molar-refractivity contribution < 1.29 is 32.2 Å². The van der Waals surface area contributed by atoms with Crippen molar-refractivity contribution in [3.63, 3.8) is 0 Å². The molecule has 0 fully saturated rings. The lowest BCUT2D eigenvalue weighted by molar-refractivity contribution is -0.187. The van der Waals surface area contributed by atoms with Gasteiger partial charge in [-0.2, -0.15) is 13.2 Å². The monoisotopic (exact) mass is 262 g/mol. The van der Waals surface area contributed by atoms with Gasteiger partial charge in [-0.3, -0.25) is 0 Å². The molecule has 1 unspecified atom stereocenters. The summed E-state index contributed by atoms with van der Waals surface area (Å²) in [5, 5.41) is 8.72. The van der Waals surface area contributed by atoms with Gasteiger partial charge < -0.3 is 9.84 Å². The van der Waals surface area contributed by atoms with Crippen LogP contribution in [0.1, 0.15) is 5.56 Å². The first kappa shape index (κ1) is 12.4. The predicted octanol–water partition coefficient (Wildman–Crippen LogP) is 2.62. The van der Waals surface area contributed by atoms with Gasteiger partial charge in [0.2, 0.25) is 6.10 Å². The van der Waals surface area contributed by atoms with Gasteiger partial charge in [0.05, 0.1) is 5.57 Å². The summed E-state index contributed by atoms with van der Waals surface area (Å²) in [6.45, 7) is 0. The molecule has 0 saturated heterocycles. The van der Waals surface area contributed by atoms with Gasteiger partial charge in [-0.15, -0.1) is 0 Å². The number of rotatable bonds is 1. The largest absolute Gasteiger partial charge is 0.478 e. The van der Waals surface area contributed by atoms with Gasteiger partial charge in [-0.05, 0) is 24.3 Å². The van der Waals surface area contributed by atoms with Crippen LogP contribution >= 0.6 is 0 Å². The molecule has 0 aliphatic carbocycles. The first-order valence-corrected chi connectivity index (χ1v) is 4.77. The molecule has 1 aromatic carbocycles. The first-order chi connectivity index (χ1) is 8.29. The van der Waals surface area contributed by atoms with Crippen LogP contribution in [0.15, 0.2) is 23.8 Å². The minimum atomic E-state index is -4.85. The van der Waals surface area contributed by atoms with Crippen molar-refractivity contribution in [2.24, 2.45) is 0 Å². The highest BCUT2D eigenvalue weighted by Crippen LogP contribution is 2.37. The average molecular weight is 262 g/mol. The Kier molecular flexibility index (Phi) is 2.76. The third-order valence-corrected chi connectivity index (χ3v) is 2.35. The standard InChI is InChI=1S/C11H6F4O3/c12-6-1-2-8-5(3-6)4-7(10(16)17)9(18-8)11(13,14)15/h1-4,9H,(H,16,17). The molecule has 0 amide bonds. The van der Waals surface area contributed by atoms with Crippen LogP contribution in [0.4, 0.5) is 17.6 Å². The van der Waals surface area contributed by atoms with Crippen LogP contribution in [0.2, 0.25) is 0 Å². The van der Waals surface area contributed by atoms with Gasteiger partial charge in [-0.25, -0.2) is 9.18 Å². The third-order valence-electron chi connectivity index (χ3n) is 2.35.